The molecule has 1 fully saturated rings. The molecule has 0 bridgehead atoms. The van der Waals surface area contributed by atoms with Crippen molar-refractivity contribution in [2.45, 2.75) is 58.2 Å². The van der Waals surface area contributed by atoms with Crippen molar-refractivity contribution in [3.8, 4) is 0 Å². The number of aryl methyl sites for hydroxylation is 1. The summed E-state index contributed by atoms with van der Waals surface area (Å²) < 4.78 is 20.8. The van der Waals surface area contributed by atoms with E-state index in [1.165, 1.54) is 21.9 Å². The maximum atomic E-state index is 14.2. The lowest BCUT2D eigenvalue weighted by molar-refractivity contribution is 0.149. The van der Waals surface area contributed by atoms with Crippen molar-refractivity contribution in [1.82, 2.24) is 19.4 Å². The first kappa shape index (κ1) is 23.9. The number of piperidine rings is 1. The number of carbonyl (C=O) groups excluding carboxylic acids is 1. The zero-order valence-corrected chi connectivity index (χ0v) is 20.7. The molecule has 1 saturated heterocycles. The second kappa shape index (κ2) is 10.2. The number of hydrogen-bond donors (Lipinski definition) is 2. The van der Waals surface area contributed by atoms with Crippen molar-refractivity contribution < 1.29 is 9.18 Å². The van der Waals surface area contributed by atoms with Crippen LogP contribution in [0.1, 0.15) is 55.7 Å². The number of rotatable bonds is 7. The Hall–Kier alpha value is -1.78. The lowest BCUT2D eigenvalue weighted by atomic mass is 10.0. The summed E-state index contributed by atoms with van der Waals surface area (Å²) in [4.78, 5) is 17.2. The van der Waals surface area contributed by atoms with Crippen LogP contribution < -0.4 is 14.3 Å². The molecule has 3 heterocycles. The summed E-state index contributed by atoms with van der Waals surface area (Å²) in [6.45, 7) is 9.72. The van der Waals surface area contributed by atoms with Crippen LogP contribution in [0.15, 0.2) is 18.5 Å². The van der Waals surface area contributed by atoms with Crippen LogP contribution in [0.2, 0.25) is 0 Å². The highest BCUT2D eigenvalue weighted by atomic mass is 32.2. The van der Waals surface area contributed by atoms with E-state index in [1.54, 1.807) is 22.2 Å². The molecule has 2 aromatic heterocycles. The number of urea groups is 1. The summed E-state index contributed by atoms with van der Waals surface area (Å²) >= 11 is 2.93. The summed E-state index contributed by atoms with van der Waals surface area (Å²) in [5, 5.41) is 7.25. The third-order valence-electron chi connectivity index (χ3n) is 5.20. The number of amides is 2. The van der Waals surface area contributed by atoms with Gasteiger partial charge in [0, 0.05) is 42.5 Å². The van der Waals surface area contributed by atoms with E-state index in [1.807, 2.05) is 29.5 Å². The van der Waals surface area contributed by atoms with Gasteiger partial charge in [-0.2, -0.15) is 5.10 Å². The molecule has 2 amide bonds. The molecule has 0 radical (unpaired) electrons. The van der Waals surface area contributed by atoms with Crippen LogP contribution in [0, 0.1) is 0 Å². The number of alkyl halides is 1. The van der Waals surface area contributed by atoms with Crippen molar-refractivity contribution in [2.24, 2.45) is 7.05 Å². The predicted octanol–water partition coefficient (Wildman–Crippen LogP) is 4.96. The fraction of sp³-hybridized carbons (Fsp3) is 0.619. The van der Waals surface area contributed by atoms with Crippen molar-refractivity contribution >= 4 is 40.9 Å². The molecular weight excluding hydrogens is 435 g/mol. The standard InChI is InChI=1S/C21H33FN6OS2/c1-13(2)19-8-18(20(30-19)14(3)4)24-21(29)25-31-28(17-9-23-27(6)12-17)16-7-15(22)10-26(5)11-16/h8-9,12-16H,7,10-11H2,1-6H3,(H2,24,25,29)/t15-,16+/m0/s1. The average molecular weight is 469 g/mol. The minimum atomic E-state index is -0.897. The van der Waals surface area contributed by atoms with Gasteiger partial charge < -0.3 is 10.2 Å². The number of nitrogens with one attached hydrogen (secondary N) is 2. The van der Waals surface area contributed by atoms with Crippen molar-refractivity contribution in [1.29, 1.82) is 0 Å². The Morgan fingerprint density at radius 3 is 2.61 bits per heavy atom. The smallest absolute Gasteiger partial charge is 0.306 e. The average Bonchev–Trinajstić information content (AvgIpc) is 3.28. The summed E-state index contributed by atoms with van der Waals surface area (Å²) in [6, 6.07) is 1.69. The molecule has 10 heteroatoms. The summed E-state index contributed by atoms with van der Waals surface area (Å²) in [6.07, 6.45) is 3.12. The number of hydrogen-bond acceptors (Lipinski definition) is 6. The van der Waals surface area contributed by atoms with Gasteiger partial charge in [-0.1, -0.05) is 27.7 Å². The lowest BCUT2D eigenvalue weighted by Crippen LogP contribution is -2.49. The first-order valence-electron chi connectivity index (χ1n) is 10.6. The van der Waals surface area contributed by atoms with E-state index in [0.717, 1.165) is 11.4 Å². The molecule has 7 nitrogen and oxygen atoms in total. The number of likely N-dealkylation sites (tertiary alicyclic amines) is 1. The van der Waals surface area contributed by atoms with Crippen LogP contribution in [-0.4, -0.2) is 53.1 Å². The quantitative estimate of drug-likeness (QED) is 0.562. The number of likely N-dealkylation sites (N-methyl/N-ethyl adjacent to an activating group) is 1. The summed E-state index contributed by atoms with van der Waals surface area (Å²) in [5.41, 5.74) is 1.69. The summed E-state index contributed by atoms with van der Waals surface area (Å²) in [7, 11) is 3.76. The number of nitrogens with zero attached hydrogens (tertiary/aromatic N) is 4. The van der Waals surface area contributed by atoms with E-state index in [-0.39, 0.29) is 12.1 Å². The number of anilines is 2. The van der Waals surface area contributed by atoms with Crippen LogP contribution in [0.25, 0.3) is 0 Å². The number of aromatic nitrogens is 2. The maximum absolute atomic E-state index is 14.2. The molecule has 0 unspecified atom stereocenters. The SMILES string of the molecule is CC(C)c1cc(NC(=O)NSN(c2cnn(C)c2)[C@@H]2C[C@H](F)CN(C)C2)c(C(C)C)s1. The fourth-order valence-electron chi connectivity index (χ4n) is 3.72. The molecule has 3 rings (SSSR count). The van der Waals surface area contributed by atoms with Gasteiger partial charge in [-0.15, -0.1) is 11.3 Å². The van der Waals surface area contributed by atoms with E-state index < -0.39 is 6.17 Å². The molecule has 1 aliphatic heterocycles. The highest BCUT2D eigenvalue weighted by Gasteiger charge is 2.31. The van der Waals surface area contributed by atoms with Crippen LogP contribution in [0.3, 0.4) is 0 Å². The molecule has 2 N–H and O–H groups in total. The van der Waals surface area contributed by atoms with Crippen LogP contribution >= 0.6 is 23.5 Å². The van der Waals surface area contributed by atoms with Crippen molar-refractivity contribution in [2.75, 3.05) is 29.8 Å². The second-order valence-corrected chi connectivity index (χ2v) is 10.7. The Kier molecular flexibility index (Phi) is 7.87. The van der Waals surface area contributed by atoms with E-state index in [0.29, 0.717) is 31.3 Å². The van der Waals surface area contributed by atoms with Crippen LogP contribution in [0.4, 0.5) is 20.6 Å². The highest BCUT2D eigenvalue weighted by Crippen LogP contribution is 2.37. The Morgan fingerprint density at radius 1 is 1.29 bits per heavy atom. The topological polar surface area (TPSA) is 65.4 Å². The molecular formula is C21H33FN6OS2. The van der Waals surface area contributed by atoms with Gasteiger partial charge in [0.2, 0.25) is 0 Å². The Bertz CT molecular complexity index is 873. The van der Waals surface area contributed by atoms with Gasteiger partial charge >= 0.3 is 6.03 Å². The molecule has 0 aromatic carbocycles. The molecule has 172 valence electrons. The van der Waals surface area contributed by atoms with Gasteiger partial charge in [-0.25, -0.2) is 9.18 Å². The number of halogens is 1. The Labute approximate surface area is 192 Å². The highest BCUT2D eigenvalue weighted by molar-refractivity contribution is 7.99. The minimum absolute atomic E-state index is 0.0804. The predicted molar refractivity (Wildman–Crippen MR) is 129 cm³/mol. The molecule has 1 aliphatic rings. The van der Waals surface area contributed by atoms with Gasteiger partial charge in [-0.05, 0) is 24.9 Å². The van der Waals surface area contributed by atoms with E-state index in [9.17, 15) is 9.18 Å². The normalized spacial score (nSPS) is 19.8. The van der Waals surface area contributed by atoms with Crippen molar-refractivity contribution in [3.05, 3.63) is 28.2 Å². The second-order valence-electron chi connectivity index (χ2n) is 8.79. The zero-order chi connectivity index (χ0) is 22.7. The Balaban J connectivity index is 1.71. The fourth-order valence-corrected chi connectivity index (χ4v) is 5.58. The molecule has 31 heavy (non-hydrogen) atoms. The number of carbonyl (C=O) groups is 1. The number of thiophene rings is 1. The van der Waals surface area contributed by atoms with E-state index in [2.05, 4.69) is 48.9 Å². The molecule has 0 aliphatic carbocycles. The monoisotopic (exact) mass is 468 g/mol. The minimum Gasteiger partial charge on any atom is -0.306 e. The third kappa shape index (κ3) is 6.14. The zero-order valence-electron chi connectivity index (χ0n) is 19.1. The largest absolute Gasteiger partial charge is 0.330 e. The maximum Gasteiger partial charge on any atom is 0.330 e. The van der Waals surface area contributed by atoms with Gasteiger partial charge in [0.15, 0.2) is 0 Å². The van der Waals surface area contributed by atoms with Crippen LogP contribution in [0.5, 0.6) is 0 Å². The summed E-state index contributed by atoms with van der Waals surface area (Å²) in [5.74, 6) is 0.736. The lowest BCUT2D eigenvalue weighted by Gasteiger charge is -2.38. The van der Waals surface area contributed by atoms with Crippen LogP contribution in [-0.2, 0) is 7.05 Å². The molecule has 2 aromatic rings. The first-order chi connectivity index (χ1) is 14.6. The first-order valence-corrected chi connectivity index (χ1v) is 12.2. The van der Waals surface area contributed by atoms with Gasteiger partial charge in [-0.3, -0.25) is 13.7 Å². The molecule has 0 spiro atoms. The molecule has 2 atom stereocenters. The van der Waals surface area contributed by atoms with Gasteiger partial charge in [0.1, 0.15) is 6.17 Å². The van der Waals surface area contributed by atoms with E-state index in [4.69, 9.17) is 0 Å². The third-order valence-corrected chi connectivity index (χ3v) is 7.91. The molecule has 0 saturated carbocycles. The van der Waals surface area contributed by atoms with E-state index >= 15 is 0 Å². The Morgan fingerprint density at radius 2 is 2.03 bits per heavy atom. The van der Waals surface area contributed by atoms with Gasteiger partial charge in [0.05, 0.1) is 35.7 Å². The van der Waals surface area contributed by atoms with Crippen molar-refractivity contribution in [3.63, 3.8) is 0 Å². The van der Waals surface area contributed by atoms with Gasteiger partial charge in [0.25, 0.3) is 0 Å².